The lowest BCUT2D eigenvalue weighted by Gasteiger charge is -2.10. The van der Waals surface area contributed by atoms with E-state index in [0.29, 0.717) is 24.0 Å². The van der Waals surface area contributed by atoms with Gasteiger partial charge in [-0.1, -0.05) is 42.0 Å². The first-order valence-corrected chi connectivity index (χ1v) is 7.77. The number of anilines is 3. The van der Waals surface area contributed by atoms with Gasteiger partial charge in [-0.15, -0.1) is 0 Å². The van der Waals surface area contributed by atoms with Gasteiger partial charge in [0.25, 0.3) is 0 Å². The molecule has 0 atom stereocenters. The van der Waals surface area contributed by atoms with Crippen molar-refractivity contribution in [1.82, 2.24) is 9.97 Å². The normalized spacial score (nSPS) is 10.5. The van der Waals surface area contributed by atoms with Crippen molar-refractivity contribution in [2.45, 2.75) is 20.4 Å². The van der Waals surface area contributed by atoms with Crippen LogP contribution in [-0.2, 0) is 6.54 Å². The summed E-state index contributed by atoms with van der Waals surface area (Å²) in [6, 6.07) is 16.6. The van der Waals surface area contributed by atoms with Crippen LogP contribution in [0.4, 0.5) is 21.8 Å². The minimum atomic E-state index is -0.317. The molecule has 1 aromatic heterocycles. The van der Waals surface area contributed by atoms with Gasteiger partial charge in [0.15, 0.2) is 0 Å². The van der Waals surface area contributed by atoms with Gasteiger partial charge in [-0.3, -0.25) is 0 Å². The van der Waals surface area contributed by atoms with Gasteiger partial charge in [0.1, 0.15) is 11.6 Å². The van der Waals surface area contributed by atoms with E-state index >= 15 is 0 Å². The fourth-order valence-corrected chi connectivity index (χ4v) is 2.30. The molecule has 122 valence electrons. The highest BCUT2D eigenvalue weighted by Crippen LogP contribution is 2.19. The van der Waals surface area contributed by atoms with Gasteiger partial charge in [0, 0.05) is 18.3 Å². The van der Waals surface area contributed by atoms with E-state index in [4.69, 9.17) is 0 Å². The van der Waals surface area contributed by atoms with Crippen LogP contribution in [0.15, 0.2) is 54.6 Å². The molecular weight excluding hydrogens is 303 g/mol. The van der Waals surface area contributed by atoms with Gasteiger partial charge in [0.05, 0.1) is 5.69 Å². The molecule has 5 heteroatoms. The second kappa shape index (κ2) is 7.08. The molecule has 2 N–H and O–H groups in total. The molecule has 3 rings (SSSR count). The Morgan fingerprint density at radius 3 is 2.46 bits per heavy atom. The molecule has 0 unspecified atom stereocenters. The number of para-hydroxylation sites is 1. The summed E-state index contributed by atoms with van der Waals surface area (Å²) in [5, 5.41) is 6.20. The molecule has 1 heterocycles. The highest BCUT2D eigenvalue weighted by atomic mass is 19.1. The summed E-state index contributed by atoms with van der Waals surface area (Å²) in [5.41, 5.74) is 3.56. The number of aromatic nitrogens is 2. The predicted octanol–water partition coefficient (Wildman–Crippen LogP) is 4.59. The summed E-state index contributed by atoms with van der Waals surface area (Å²) in [6.07, 6.45) is 0. The van der Waals surface area contributed by atoms with Gasteiger partial charge in [-0.2, -0.15) is 4.98 Å². The zero-order valence-corrected chi connectivity index (χ0v) is 13.7. The van der Waals surface area contributed by atoms with Crippen LogP contribution in [0.2, 0.25) is 0 Å². The number of rotatable bonds is 5. The smallest absolute Gasteiger partial charge is 0.225 e. The van der Waals surface area contributed by atoms with Crippen molar-refractivity contribution in [3.8, 4) is 0 Å². The van der Waals surface area contributed by atoms with E-state index in [0.717, 1.165) is 11.3 Å². The van der Waals surface area contributed by atoms with Crippen LogP contribution in [0.1, 0.15) is 16.8 Å². The van der Waals surface area contributed by atoms with Gasteiger partial charge in [0.2, 0.25) is 5.95 Å². The summed E-state index contributed by atoms with van der Waals surface area (Å²) in [6.45, 7) is 4.57. The molecule has 0 aliphatic carbocycles. The van der Waals surface area contributed by atoms with Crippen molar-refractivity contribution in [3.63, 3.8) is 0 Å². The second-order valence-corrected chi connectivity index (χ2v) is 5.66. The Bertz CT molecular complexity index is 831. The molecule has 0 bridgehead atoms. The maximum Gasteiger partial charge on any atom is 0.225 e. The van der Waals surface area contributed by atoms with Gasteiger partial charge in [-0.05, 0) is 31.5 Å². The fraction of sp³-hybridized carbons (Fsp3) is 0.158. The lowest BCUT2D eigenvalue weighted by Crippen LogP contribution is -2.06. The van der Waals surface area contributed by atoms with E-state index < -0.39 is 0 Å². The zero-order chi connectivity index (χ0) is 16.9. The Balaban J connectivity index is 1.74. The molecule has 0 saturated carbocycles. The second-order valence-electron chi connectivity index (χ2n) is 5.66. The number of hydrogen-bond donors (Lipinski definition) is 2. The number of aryl methyl sites for hydroxylation is 2. The van der Waals surface area contributed by atoms with Crippen LogP contribution in [0.25, 0.3) is 0 Å². The molecule has 3 aromatic rings. The first kappa shape index (κ1) is 15.9. The van der Waals surface area contributed by atoms with Crippen LogP contribution in [0.3, 0.4) is 0 Å². The quantitative estimate of drug-likeness (QED) is 0.721. The average Bonchev–Trinajstić information content (AvgIpc) is 2.56. The summed E-state index contributed by atoms with van der Waals surface area (Å²) >= 11 is 0. The fourth-order valence-electron chi connectivity index (χ4n) is 2.30. The predicted molar refractivity (Wildman–Crippen MR) is 95.0 cm³/mol. The third-order valence-corrected chi connectivity index (χ3v) is 3.56. The molecular formula is C19H19FN4. The number of halogens is 1. The van der Waals surface area contributed by atoms with Crippen molar-refractivity contribution in [1.29, 1.82) is 0 Å². The molecule has 2 aromatic carbocycles. The SMILES string of the molecule is Cc1ccc(CNc2nc(C)cc(Nc3ccccc3F)n2)cc1. The zero-order valence-electron chi connectivity index (χ0n) is 13.7. The molecule has 0 aliphatic rings. The lowest BCUT2D eigenvalue weighted by molar-refractivity contribution is 0.632. The Morgan fingerprint density at radius 2 is 1.71 bits per heavy atom. The first-order valence-electron chi connectivity index (χ1n) is 7.77. The van der Waals surface area contributed by atoms with Crippen molar-refractivity contribution in [2.75, 3.05) is 10.6 Å². The first-order chi connectivity index (χ1) is 11.6. The lowest BCUT2D eigenvalue weighted by atomic mass is 10.1. The maximum atomic E-state index is 13.8. The number of nitrogens with zero attached hydrogens (tertiary/aromatic N) is 2. The highest BCUT2D eigenvalue weighted by molar-refractivity contribution is 5.58. The van der Waals surface area contributed by atoms with E-state index in [1.54, 1.807) is 24.3 Å². The topological polar surface area (TPSA) is 49.8 Å². The Morgan fingerprint density at radius 1 is 0.958 bits per heavy atom. The number of nitrogens with one attached hydrogen (secondary N) is 2. The third-order valence-electron chi connectivity index (χ3n) is 3.56. The van der Waals surface area contributed by atoms with Crippen molar-refractivity contribution >= 4 is 17.5 Å². The maximum absolute atomic E-state index is 13.8. The molecule has 24 heavy (non-hydrogen) atoms. The monoisotopic (exact) mass is 322 g/mol. The van der Waals surface area contributed by atoms with Crippen LogP contribution in [-0.4, -0.2) is 9.97 Å². The Hall–Kier alpha value is -2.95. The summed E-state index contributed by atoms with van der Waals surface area (Å²) < 4.78 is 13.8. The van der Waals surface area contributed by atoms with Crippen molar-refractivity contribution in [2.24, 2.45) is 0 Å². The Labute approximate surface area is 140 Å². The molecule has 0 saturated heterocycles. The van der Waals surface area contributed by atoms with E-state index in [1.165, 1.54) is 11.6 Å². The van der Waals surface area contributed by atoms with Crippen LogP contribution < -0.4 is 10.6 Å². The number of benzene rings is 2. The number of hydrogen-bond acceptors (Lipinski definition) is 4. The van der Waals surface area contributed by atoms with Crippen LogP contribution in [0, 0.1) is 19.7 Å². The third kappa shape index (κ3) is 4.07. The summed E-state index contributed by atoms with van der Waals surface area (Å²) in [5.74, 6) is 0.747. The van der Waals surface area contributed by atoms with Crippen LogP contribution >= 0.6 is 0 Å². The molecule has 4 nitrogen and oxygen atoms in total. The van der Waals surface area contributed by atoms with Gasteiger partial charge < -0.3 is 10.6 Å². The Kier molecular flexibility index (Phi) is 4.70. The molecule has 0 aliphatic heterocycles. The van der Waals surface area contributed by atoms with Crippen molar-refractivity contribution < 1.29 is 4.39 Å². The summed E-state index contributed by atoms with van der Waals surface area (Å²) in [4.78, 5) is 8.78. The summed E-state index contributed by atoms with van der Waals surface area (Å²) in [7, 11) is 0. The standard InChI is InChI=1S/C19H19FN4/c1-13-7-9-15(10-8-13)12-21-19-22-14(2)11-18(24-19)23-17-6-4-3-5-16(17)20/h3-11H,12H2,1-2H3,(H2,21,22,23,24). The van der Waals surface area contributed by atoms with Gasteiger partial charge in [-0.25, -0.2) is 9.37 Å². The van der Waals surface area contributed by atoms with E-state index in [1.807, 2.05) is 6.92 Å². The molecule has 0 radical (unpaired) electrons. The van der Waals surface area contributed by atoms with Gasteiger partial charge >= 0.3 is 0 Å². The largest absolute Gasteiger partial charge is 0.350 e. The molecule has 0 amide bonds. The van der Waals surface area contributed by atoms with Crippen molar-refractivity contribution in [3.05, 3.63) is 77.2 Å². The minimum Gasteiger partial charge on any atom is -0.350 e. The molecule has 0 fully saturated rings. The average molecular weight is 322 g/mol. The van der Waals surface area contributed by atoms with E-state index in [9.17, 15) is 4.39 Å². The van der Waals surface area contributed by atoms with E-state index in [2.05, 4.69) is 51.8 Å². The molecule has 0 spiro atoms. The highest BCUT2D eigenvalue weighted by Gasteiger charge is 2.05. The van der Waals surface area contributed by atoms with Crippen LogP contribution in [0.5, 0.6) is 0 Å². The van der Waals surface area contributed by atoms with E-state index in [-0.39, 0.29) is 5.82 Å². The minimum absolute atomic E-state index is 0.317.